The van der Waals surface area contributed by atoms with Crippen LogP contribution in [0.25, 0.3) is 0 Å². The topological polar surface area (TPSA) is 142 Å². The maximum atomic E-state index is 14.4. The molecule has 3 rings (SSSR count). The highest BCUT2D eigenvalue weighted by Crippen LogP contribution is 2.38. The van der Waals surface area contributed by atoms with E-state index < -0.39 is 44.7 Å². The number of aromatic nitrogens is 6. The number of primary sulfonamides is 1. The number of nitrogens with two attached hydrogens (primary N) is 1. The van der Waals surface area contributed by atoms with Crippen LogP contribution in [0.3, 0.4) is 0 Å². The van der Waals surface area contributed by atoms with E-state index in [1.165, 1.54) is 6.33 Å². The van der Waals surface area contributed by atoms with Crippen molar-refractivity contribution in [2.24, 2.45) is 5.14 Å². The molecule has 3 N–H and O–H groups in total. The van der Waals surface area contributed by atoms with E-state index in [1.54, 1.807) is 0 Å². The zero-order valence-corrected chi connectivity index (χ0v) is 13.8. The van der Waals surface area contributed by atoms with Crippen LogP contribution in [0.1, 0.15) is 10.9 Å². The van der Waals surface area contributed by atoms with Crippen molar-refractivity contribution >= 4 is 10.0 Å². The first-order valence-electron chi connectivity index (χ1n) is 7.08. The first-order valence-corrected chi connectivity index (χ1v) is 8.69. The van der Waals surface area contributed by atoms with Crippen molar-refractivity contribution in [2.45, 2.75) is 17.5 Å². The molecule has 0 fully saturated rings. The molecule has 2 unspecified atom stereocenters. The monoisotopic (exact) mass is 385 g/mol. The van der Waals surface area contributed by atoms with Crippen LogP contribution in [0.15, 0.2) is 43.5 Å². The van der Waals surface area contributed by atoms with Gasteiger partial charge in [-0.1, -0.05) is 6.07 Å². The van der Waals surface area contributed by atoms with E-state index in [1.807, 2.05) is 0 Å². The third-order valence-corrected chi connectivity index (χ3v) is 4.89. The molecule has 3 aromatic rings. The van der Waals surface area contributed by atoms with Crippen molar-refractivity contribution in [3.8, 4) is 0 Å². The summed E-state index contributed by atoms with van der Waals surface area (Å²) in [7, 11) is -4.54. The fourth-order valence-corrected chi connectivity index (χ4v) is 3.83. The predicted molar refractivity (Wildman–Crippen MR) is 82.4 cm³/mol. The molecule has 2 heterocycles. The lowest BCUT2D eigenvalue weighted by Gasteiger charge is -2.34. The van der Waals surface area contributed by atoms with Crippen LogP contribution in [0, 0.1) is 11.6 Å². The highest BCUT2D eigenvalue weighted by Gasteiger charge is 2.49. The van der Waals surface area contributed by atoms with Gasteiger partial charge in [0.2, 0.25) is 15.4 Å². The Hall–Kier alpha value is -2.77. The lowest BCUT2D eigenvalue weighted by Crippen LogP contribution is -2.47. The van der Waals surface area contributed by atoms with Gasteiger partial charge < -0.3 is 5.11 Å². The molecule has 1 aromatic carbocycles. The molecule has 0 aliphatic heterocycles. The van der Waals surface area contributed by atoms with Crippen molar-refractivity contribution in [2.75, 3.05) is 0 Å². The van der Waals surface area contributed by atoms with Crippen LogP contribution in [-0.2, 0) is 22.2 Å². The van der Waals surface area contributed by atoms with Gasteiger partial charge in [0.05, 0.1) is 6.54 Å². The second-order valence-electron chi connectivity index (χ2n) is 5.46. The van der Waals surface area contributed by atoms with Crippen LogP contribution in [-0.4, -0.2) is 43.1 Å². The molecule has 0 saturated heterocycles. The van der Waals surface area contributed by atoms with E-state index in [0.29, 0.717) is 6.07 Å². The van der Waals surface area contributed by atoms with E-state index >= 15 is 0 Å². The van der Waals surface area contributed by atoms with Crippen molar-refractivity contribution in [1.82, 2.24) is 29.5 Å². The summed E-state index contributed by atoms with van der Waals surface area (Å²) in [6.07, 6.45) is 4.36. The summed E-state index contributed by atoms with van der Waals surface area (Å²) in [6.45, 7) is -0.559. The number of sulfonamides is 1. The van der Waals surface area contributed by atoms with E-state index in [0.717, 1.165) is 40.5 Å². The number of rotatable bonds is 6. The van der Waals surface area contributed by atoms with E-state index in [2.05, 4.69) is 20.2 Å². The summed E-state index contributed by atoms with van der Waals surface area (Å²) in [4.78, 5) is 7.32. The summed E-state index contributed by atoms with van der Waals surface area (Å²) in [5.41, 5.74) is -3.02. The quantitative estimate of drug-likeness (QED) is 0.584. The molecule has 0 bridgehead atoms. The smallest absolute Gasteiger partial charge is 0.235 e. The molecular weight excluding hydrogens is 372 g/mol. The SMILES string of the molecule is NS(=O)(=O)C(n1cncn1)C(O)(Cn1cncn1)c1ccc(F)cc1F. The summed E-state index contributed by atoms with van der Waals surface area (Å²) in [5, 5.41) is 22.1. The van der Waals surface area contributed by atoms with E-state index in [-0.39, 0.29) is 0 Å². The predicted octanol–water partition coefficient (Wildman–Crippen LogP) is -0.477. The van der Waals surface area contributed by atoms with Gasteiger partial charge in [-0.15, -0.1) is 0 Å². The lowest BCUT2D eigenvalue weighted by molar-refractivity contribution is -0.0154. The van der Waals surface area contributed by atoms with Gasteiger partial charge in [0.25, 0.3) is 0 Å². The Balaban J connectivity index is 2.25. The van der Waals surface area contributed by atoms with Gasteiger partial charge in [0.1, 0.15) is 42.5 Å². The van der Waals surface area contributed by atoms with Gasteiger partial charge in [-0.2, -0.15) is 10.2 Å². The van der Waals surface area contributed by atoms with Crippen LogP contribution >= 0.6 is 0 Å². The van der Waals surface area contributed by atoms with Gasteiger partial charge in [-0.25, -0.2) is 41.7 Å². The van der Waals surface area contributed by atoms with Gasteiger partial charge in [0.15, 0.2) is 0 Å². The fourth-order valence-electron chi connectivity index (χ4n) is 2.68. The molecule has 2 aromatic heterocycles. The summed E-state index contributed by atoms with van der Waals surface area (Å²) >= 11 is 0. The third kappa shape index (κ3) is 3.31. The Morgan fingerprint density at radius 3 is 2.42 bits per heavy atom. The van der Waals surface area contributed by atoms with Crippen molar-refractivity contribution in [3.63, 3.8) is 0 Å². The van der Waals surface area contributed by atoms with Gasteiger partial charge in [-0.05, 0) is 6.07 Å². The average molecular weight is 385 g/mol. The standard InChI is InChI=1S/C13H13F2N7O3S/c14-9-1-2-10(11(15)3-9)13(23,4-21-7-17-5-19-21)12(26(16,24)25)22-8-18-6-20-22/h1-3,5-8,12,23H,4H2,(H2,16,24,25). The minimum atomic E-state index is -4.54. The van der Waals surface area contributed by atoms with Crippen molar-refractivity contribution in [1.29, 1.82) is 0 Å². The van der Waals surface area contributed by atoms with Crippen molar-refractivity contribution in [3.05, 3.63) is 60.7 Å². The Labute approximate surface area is 146 Å². The first-order chi connectivity index (χ1) is 12.2. The summed E-state index contributed by atoms with van der Waals surface area (Å²) < 4.78 is 54.1. The normalized spacial score (nSPS) is 15.5. The number of hydrogen-bond donors (Lipinski definition) is 2. The zero-order valence-electron chi connectivity index (χ0n) is 13.0. The van der Waals surface area contributed by atoms with Crippen molar-refractivity contribution < 1.29 is 22.3 Å². The minimum absolute atomic E-state index is 0.510. The van der Waals surface area contributed by atoms with E-state index in [9.17, 15) is 22.3 Å². The number of hydrogen-bond acceptors (Lipinski definition) is 7. The maximum absolute atomic E-state index is 14.4. The molecule has 2 atom stereocenters. The Morgan fingerprint density at radius 1 is 1.19 bits per heavy atom. The summed E-state index contributed by atoms with van der Waals surface area (Å²) in [5.74, 6) is -2.07. The van der Waals surface area contributed by atoms with Gasteiger partial charge >= 0.3 is 0 Å². The minimum Gasteiger partial charge on any atom is -0.380 e. The Kier molecular flexibility index (Phi) is 4.52. The highest BCUT2D eigenvalue weighted by molar-refractivity contribution is 7.89. The molecule has 10 nitrogen and oxygen atoms in total. The fraction of sp³-hybridized carbons (Fsp3) is 0.231. The highest BCUT2D eigenvalue weighted by atomic mass is 32.2. The third-order valence-electron chi connectivity index (χ3n) is 3.66. The maximum Gasteiger partial charge on any atom is 0.235 e. The van der Waals surface area contributed by atoms with Crippen LogP contribution < -0.4 is 5.14 Å². The molecular formula is C13H13F2N7O3S. The first kappa shape index (κ1) is 18.0. The molecule has 26 heavy (non-hydrogen) atoms. The molecule has 0 saturated carbocycles. The molecule has 138 valence electrons. The second kappa shape index (κ2) is 6.51. The van der Waals surface area contributed by atoms with Crippen LogP contribution in [0.4, 0.5) is 8.78 Å². The number of halogens is 2. The second-order valence-corrected chi connectivity index (χ2v) is 7.08. The Bertz CT molecular complexity index is 995. The molecule has 0 radical (unpaired) electrons. The Morgan fingerprint density at radius 2 is 1.88 bits per heavy atom. The molecule has 13 heteroatoms. The zero-order chi connectivity index (χ0) is 18.9. The van der Waals surface area contributed by atoms with Crippen LogP contribution in [0.2, 0.25) is 0 Å². The summed E-state index contributed by atoms with van der Waals surface area (Å²) in [6, 6.07) is 2.33. The van der Waals surface area contributed by atoms with Gasteiger partial charge in [-0.3, -0.25) is 0 Å². The molecule has 0 aliphatic carbocycles. The molecule has 0 spiro atoms. The number of benzene rings is 1. The molecule has 0 aliphatic rings. The van der Waals surface area contributed by atoms with E-state index in [4.69, 9.17) is 5.14 Å². The van der Waals surface area contributed by atoms with Crippen LogP contribution in [0.5, 0.6) is 0 Å². The lowest BCUT2D eigenvalue weighted by atomic mass is 9.92. The number of nitrogens with zero attached hydrogens (tertiary/aromatic N) is 6. The van der Waals surface area contributed by atoms with Gasteiger partial charge in [0, 0.05) is 11.6 Å². The average Bonchev–Trinajstić information content (AvgIpc) is 3.19. The number of aliphatic hydroxyl groups is 1. The molecule has 0 amide bonds. The largest absolute Gasteiger partial charge is 0.380 e.